The van der Waals surface area contributed by atoms with Crippen LogP contribution in [0.2, 0.25) is 10.0 Å². The van der Waals surface area contributed by atoms with Crippen molar-refractivity contribution in [3.05, 3.63) is 82.8 Å². The predicted octanol–water partition coefficient (Wildman–Crippen LogP) is 4.68. The molecule has 10 heteroatoms. The summed E-state index contributed by atoms with van der Waals surface area (Å²) in [4.78, 5) is 2.10. The van der Waals surface area contributed by atoms with Crippen LogP contribution < -0.4 is 19.7 Å². The molecule has 0 unspecified atom stereocenters. The molecule has 0 aliphatic heterocycles. The summed E-state index contributed by atoms with van der Waals surface area (Å²) in [7, 11) is -2.00. The Morgan fingerprint density at radius 1 is 0.800 bits per heavy atom. The number of benzene rings is 3. The second-order valence-corrected chi connectivity index (χ2v) is 10.4. The first-order valence-electron chi connectivity index (χ1n) is 11.1. The van der Waals surface area contributed by atoms with Gasteiger partial charge in [-0.05, 0) is 60.7 Å². The van der Waals surface area contributed by atoms with Crippen molar-refractivity contribution in [2.45, 2.75) is 4.90 Å². The molecule has 0 heterocycles. The molecule has 0 fully saturated rings. The molecule has 3 aromatic carbocycles. The van der Waals surface area contributed by atoms with Crippen LogP contribution in [-0.4, -0.2) is 54.9 Å². The summed E-state index contributed by atoms with van der Waals surface area (Å²) in [6, 6.07) is 20.6. The van der Waals surface area contributed by atoms with Crippen LogP contribution in [0.15, 0.2) is 77.7 Å². The van der Waals surface area contributed by atoms with Crippen LogP contribution in [-0.2, 0) is 14.8 Å². The number of sulfonamides is 1. The molecule has 0 atom stereocenters. The molecule has 0 saturated heterocycles. The second-order valence-electron chi connectivity index (χ2n) is 7.64. The quantitative estimate of drug-likeness (QED) is 0.318. The van der Waals surface area contributed by atoms with Crippen LogP contribution in [0.25, 0.3) is 0 Å². The van der Waals surface area contributed by atoms with Gasteiger partial charge in [0.15, 0.2) is 0 Å². The number of anilines is 2. The molecule has 0 radical (unpaired) electrons. The molecule has 0 aliphatic carbocycles. The summed E-state index contributed by atoms with van der Waals surface area (Å²) in [5.74, 6) is 0.708. The molecule has 188 valence electrons. The Bertz CT molecular complexity index is 1180. The topological polar surface area (TPSA) is 85.1 Å². The van der Waals surface area contributed by atoms with Crippen LogP contribution >= 0.6 is 23.2 Å². The maximum atomic E-state index is 13.7. The van der Waals surface area contributed by atoms with Crippen molar-refractivity contribution in [1.29, 1.82) is 0 Å². The van der Waals surface area contributed by atoms with E-state index in [1.54, 1.807) is 42.5 Å². The van der Waals surface area contributed by atoms with Gasteiger partial charge in [0.25, 0.3) is 10.0 Å². The predicted molar refractivity (Wildman–Crippen MR) is 143 cm³/mol. The summed E-state index contributed by atoms with van der Waals surface area (Å²) in [6.07, 6.45) is 0. The lowest BCUT2D eigenvalue weighted by Gasteiger charge is -2.30. The molecule has 0 spiro atoms. The first-order valence-corrected chi connectivity index (χ1v) is 13.3. The molecule has 0 amide bonds. The number of nitrogens with two attached hydrogens (primary N) is 1. The molecular weight excluding hydrogens is 509 g/mol. The lowest BCUT2D eigenvalue weighted by atomic mass is 10.2. The smallest absolute Gasteiger partial charge is 0.264 e. The van der Waals surface area contributed by atoms with Crippen LogP contribution in [0.1, 0.15) is 0 Å². The fourth-order valence-corrected chi connectivity index (χ4v) is 5.10. The number of nitrogens with zero attached hydrogens (tertiary/aromatic N) is 2. The molecule has 3 aromatic rings. The van der Waals surface area contributed by atoms with E-state index in [0.717, 1.165) is 5.69 Å². The number of likely N-dealkylation sites (N-methyl/N-ethyl adjacent to an activating group) is 1. The number of hydrogen-bond donors (Lipinski definition) is 1. The zero-order valence-electron chi connectivity index (χ0n) is 19.4. The standard InChI is InChI=1S/C25H29Cl2N3O4S/c1-29(15-19-34-22-10-6-20(26)7-11-22)24-4-2-3-5-25(24)30(16-18-33-17-14-28)35(31,32)23-12-8-21(27)9-13-23/h2-13H,14-19,28H2,1H3. The Balaban J connectivity index is 1.84. The van der Waals surface area contributed by atoms with E-state index in [9.17, 15) is 8.42 Å². The Hall–Kier alpha value is -2.49. The number of para-hydroxylation sites is 2. The van der Waals surface area contributed by atoms with Crippen molar-refractivity contribution in [3.8, 4) is 5.75 Å². The third kappa shape index (κ3) is 7.49. The minimum Gasteiger partial charge on any atom is -0.492 e. The van der Waals surface area contributed by atoms with E-state index in [0.29, 0.717) is 47.8 Å². The van der Waals surface area contributed by atoms with Gasteiger partial charge in [0.1, 0.15) is 12.4 Å². The Morgan fingerprint density at radius 3 is 2.03 bits per heavy atom. The molecule has 3 rings (SSSR count). The highest BCUT2D eigenvalue weighted by molar-refractivity contribution is 7.92. The highest BCUT2D eigenvalue weighted by Gasteiger charge is 2.27. The van der Waals surface area contributed by atoms with Gasteiger partial charge in [-0.1, -0.05) is 35.3 Å². The molecule has 2 N–H and O–H groups in total. The van der Waals surface area contributed by atoms with Gasteiger partial charge in [-0.25, -0.2) is 8.42 Å². The highest BCUT2D eigenvalue weighted by atomic mass is 35.5. The summed E-state index contributed by atoms with van der Waals surface area (Å²) in [5.41, 5.74) is 6.79. The van der Waals surface area contributed by atoms with Gasteiger partial charge in [0.05, 0.1) is 42.6 Å². The minimum absolute atomic E-state index is 0.122. The third-order valence-corrected chi connectivity index (χ3v) is 7.50. The highest BCUT2D eigenvalue weighted by Crippen LogP contribution is 2.33. The van der Waals surface area contributed by atoms with E-state index in [1.165, 1.54) is 16.4 Å². The first kappa shape index (κ1) is 27.1. The number of hydrogen-bond acceptors (Lipinski definition) is 6. The van der Waals surface area contributed by atoms with Crippen LogP contribution in [0.5, 0.6) is 5.75 Å². The van der Waals surface area contributed by atoms with Gasteiger partial charge >= 0.3 is 0 Å². The zero-order chi connectivity index (χ0) is 25.3. The summed E-state index contributed by atoms with van der Waals surface area (Å²) >= 11 is 11.9. The normalized spacial score (nSPS) is 11.3. The fraction of sp³-hybridized carbons (Fsp3) is 0.280. The van der Waals surface area contributed by atoms with E-state index in [-0.39, 0.29) is 18.0 Å². The van der Waals surface area contributed by atoms with E-state index < -0.39 is 10.0 Å². The van der Waals surface area contributed by atoms with E-state index in [1.807, 2.05) is 30.1 Å². The lowest BCUT2D eigenvalue weighted by Crippen LogP contribution is -2.36. The van der Waals surface area contributed by atoms with Crippen LogP contribution in [0.3, 0.4) is 0 Å². The maximum Gasteiger partial charge on any atom is 0.264 e. The van der Waals surface area contributed by atoms with Gasteiger partial charge < -0.3 is 20.1 Å². The number of rotatable bonds is 13. The first-order chi connectivity index (χ1) is 16.8. The lowest BCUT2D eigenvalue weighted by molar-refractivity contribution is 0.149. The van der Waals surface area contributed by atoms with Gasteiger partial charge in [0.2, 0.25) is 0 Å². The fourth-order valence-electron chi connectivity index (χ4n) is 3.39. The minimum atomic E-state index is -3.89. The van der Waals surface area contributed by atoms with Gasteiger partial charge in [-0.3, -0.25) is 4.31 Å². The van der Waals surface area contributed by atoms with Crippen molar-refractivity contribution < 1.29 is 17.9 Å². The van der Waals surface area contributed by atoms with Gasteiger partial charge in [-0.15, -0.1) is 0 Å². The average Bonchev–Trinajstić information content (AvgIpc) is 2.85. The number of halogens is 2. The molecule has 0 saturated carbocycles. The molecule has 35 heavy (non-hydrogen) atoms. The summed E-state index contributed by atoms with van der Waals surface area (Å²) in [6.45, 7) is 1.95. The average molecular weight is 538 g/mol. The maximum absolute atomic E-state index is 13.7. The van der Waals surface area contributed by atoms with Crippen molar-refractivity contribution in [2.75, 3.05) is 55.7 Å². The molecule has 0 aliphatic rings. The Morgan fingerprint density at radius 2 is 1.40 bits per heavy atom. The SMILES string of the molecule is CN(CCOc1ccc(Cl)cc1)c1ccccc1N(CCOCCN)S(=O)(=O)c1ccc(Cl)cc1. The molecule has 7 nitrogen and oxygen atoms in total. The molecular formula is C25H29Cl2N3O4S. The van der Waals surface area contributed by atoms with Crippen molar-refractivity contribution in [1.82, 2.24) is 0 Å². The monoisotopic (exact) mass is 537 g/mol. The van der Waals surface area contributed by atoms with Crippen molar-refractivity contribution in [2.24, 2.45) is 5.73 Å². The molecule has 0 aromatic heterocycles. The number of ether oxygens (including phenoxy) is 2. The Kier molecular flexibility index (Phi) is 10.1. The summed E-state index contributed by atoms with van der Waals surface area (Å²) < 4.78 is 40.0. The third-order valence-electron chi connectivity index (χ3n) is 5.17. The largest absolute Gasteiger partial charge is 0.492 e. The van der Waals surface area contributed by atoms with Crippen molar-refractivity contribution >= 4 is 44.6 Å². The van der Waals surface area contributed by atoms with Gasteiger partial charge in [-0.2, -0.15) is 0 Å². The van der Waals surface area contributed by atoms with Gasteiger partial charge in [0, 0.05) is 23.6 Å². The molecule has 0 bridgehead atoms. The van der Waals surface area contributed by atoms with Crippen LogP contribution in [0.4, 0.5) is 11.4 Å². The van der Waals surface area contributed by atoms with E-state index >= 15 is 0 Å². The second kappa shape index (κ2) is 13.0. The summed E-state index contributed by atoms with van der Waals surface area (Å²) in [5, 5.41) is 1.10. The van der Waals surface area contributed by atoms with Crippen molar-refractivity contribution in [3.63, 3.8) is 0 Å². The van der Waals surface area contributed by atoms with E-state index in [4.69, 9.17) is 38.4 Å². The van der Waals surface area contributed by atoms with E-state index in [2.05, 4.69) is 0 Å². The zero-order valence-corrected chi connectivity index (χ0v) is 21.8. The Labute approximate surface area is 217 Å². The van der Waals surface area contributed by atoms with Crippen LogP contribution in [0, 0.1) is 0 Å².